The molecule has 0 radical (unpaired) electrons. The number of rotatable bonds is 6. The van der Waals surface area contributed by atoms with E-state index in [9.17, 15) is 4.79 Å². The highest BCUT2D eigenvalue weighted by molar-refractivity contribution is 6.30. The maximum Gasteiger partial charge on any atom is 0.258 e. The number of carbonyl (C=O) groups excluding carboxylic acids is 1. The molecule has 5 heteroatoms. The monoisotopic (exact) mass is 271 g/mol. The summed E-state index contributed by atoms with van der Waals surface area (Å²) in [6.07, 6.45) is 0.500. The van der Waals surface area contributed by atoms with Crippen molar-refractivity contribution >= 4 is 17.5 Å². The molecule has 0 fully saturated rings. The van der Waals surface area contributed by atoms with Crippen LogP contribution in [-0.4, -0.2) is 29.8 Å². The van der Waals surface area contributed by atoms with Gasteiger partial charge in [-0.15, -0.1) is 0 Å². The van der Waals surface area contributed by atoms with E-state index in [0.717, 1.165) is 0 Å². The third-order valence-corrected chi connectivity index (χ3v) is 2.65. The van der Waals surface area contributed by atoms with E-state index in [1.54, 1.807) is 24.3 Å². The van der Waals surface area contributed by atoms with Gasteiger partial charge in [-0.3, -0.25) is 4.79 Å². The molecular formula is C13H18ClNO3. The van der Waals surface area contributed by atoms with Gasteiger partial charge in [0.15, 0.2) is 6.61 Å². The Hall–Kier alpha value is -1.26. The number of halogens is 1. The summed E-state index contributed by atoms with van der Waals surface area (Å²) < 4.78 is 5.31. The van der Waals surface area contributed by atoms with Gasteiger partial charge in [-0.2, -0.15) is 0 Å². The van der Waals surface area contributed by atoms with E-state index in [2.05, 4.69) is 5.32 Å². The number of aliphatic hydroxyl groups is 1. The quantitative estimate of drug-likeness (QED) is 0.832. The van der Waals surface area contributed by atoms with Gasteiger partial charge in [0.1, 0.15) is 5.75 Å². The first-order chi connectivity index (χ1) is 8.43. The molecule has 1 rings (SSSR count). The van der Waals surface area contributed by atoms with Crippen molar-refractivity contribution in [3.05, 3.63) is 29.3 Å². The third-order valence-electron chi connectivity index (χ3n) is 2.40. The van der Waals surface area contributed by atoms with E-state index in [0.29, 0.717) is 17.2 Å². The first kappa shape index (κ1) is 14.8. The number of benzene rings is 1. The lowest BCUT2D eigenvalue weighted by molar-refractivity contribution is -0.124. The van der Waals surface area contributed by atoms with Crippen molar-refractivity contribution in [1.29, 1.82) is 0 Å². The van der Waals surface area contributed by atoms with E-state index >= 15 is 0 Å². The fourth-order valence-electron chi connectivity index (χ4n) is 1.44. The second kappa shape index (κ2) is 6.61. The minimum absolute atomic E-state index is 0.0331. The fourth-order valence-corrected chi connectivity index (χ4v) is 1.56. The normalized spacial score (nSPS) is 11.1. The van der Waals surface area contributed by atoms with Crippen LogP contribution in [0.15, 0.2) is 24.3 Å². The van der Waals surface area contributed by atoms with Gasteiger partial charge in [0.05, 0.1) is 0 Å². The van der Waals surface area contributed by atoms with Crippen LogP contribution in [0.3, 0.4) is 0 Å². The molecule has 0 heterocycles. The second-order valence-electron chi connectivity index (χ2n) is 4.65. The molecule has 0 aromatic heterocycles. The first-order valence-corrected chi connectivity index (χ1v) is 6.11. The Labute approximate surface area is 112 Å². The summed E-state index contributed by atoms with van der Waals surface area (Å²) in [5, 5.41) is 12.3. The van der Waals surface area contributed by atoms with Crippen LogP contribution in [0.25, 0.3) is 0 Å². The van der Waals surface area contributed by atoms with Gasteiger partial charge in [0.25, 0.3) is 5.91 Å². The van der Waals surface area contributed by atoms with E-state index in [4.69, 9.17) is 21.4 Å². The Morgan fingerprint density at radius 2 is 2.00 bits per heavy atom. The van der Waals surface area contributed by atoms with Crippen molar-refractivity contribution in [2.24, 2.45) is 0 Å². The second-order valence-corrected chi connectivity index (χ2v) is 5.08. The predicted molar refractivity (Wildman–Crippen MR) is 70.9 cm³/mol. The zero-order chi connectivity index (χ0) is 13.6. The number of aliphatic hydroxyl groups excluding tert-OH is 1. The van der Waals surface area contributed by atoms with Crippen LogP contribution in [0.2, 0.25) is 5.02 Å². The summed E-state index contributed by atoms with van der Waals surface area (Å²) in [5.74, 6) is 0.373. The molecule has 0 aliphatic carbocycles. The molecule has 0 spiro atoms. The van der Waals surface area contributed by atoms with Crippen LogP contribution >= 0.6 is 11.6 Å². The smallest absolute Gasteiger partial charge is 0.258 e. The van der Waals surface area contributed by atoms with Gasteiger partial charge in [0, 0.05) is 17.2 Å². The summed E-state index contributed by atoms with van der Waals surface area (Å²) in [6, 6.07) is 6.80. The van der Waals surface area contributed by atoms with E-state index < -0.39 is 5.54 Å². The molecule has 1 aromatic rings. The molecule has 0 saturated heterocycles. The fraction of sp³-hybridized carbons (Fsp3) is 0.462. The molecule has 2 N–H and O–H groups in total. The zero-order valence-corrected chi connectivity index (χ0v) is 11.3. The Morgan fingerprint density at radius 1 is 1.39 bits per heavy atom. The molecule has 0 aliphatic rings. The molecular weight excluding hydrogens is 254 g/mol. The highest BCUT2D eigenvalue weighted by Gasteiger charge is 2.19. The molecule has 0 atom stereocenters. The Bertz CT molecular complexity index is 390. The van der Waals surface area contributed by atoms with Crippen molar-refractivity contribution in [1.82, 2.24) is 5.32 Å². The Kier molecular flexibility index (Phi) is 5.44. The number of amides is 1. The zero-order valence-electron chi connectivity index (χ0n) is 10.6. The van der Waals surface area contributed by atoms with Crippen LogP contribution in [0, 0.1) is 0 Å². The molecule has 0 saturated carbocycles. The van der Waals surface area contributed by atoms with Crippen molar-refractivity contribution in [3.63, 3.8) is 0 Å². The summed E-state index contributed by atoms with van der Waals surface area (Å²) in [5.41, 5.74) is -0.435. The summed E-state index contributed by atoms with van der Waals surface area (Å²) >= 11 is 5.74. The molecule has 4 nitrogen and oxygen atoms in total. The van der Waals surface area contributed by atoms with Gasteiger partial charge < -0.3 is 15.2 Å². The molecule has 0 unspecified atom stereocenters. The summed E-state index contributed by atoms with van der Waals surface area (Å²) in [7, 11) is 0. The Morgan fingerprint density at radius 3 is 2.56 bits per heavy atom. The largest absolute Gasteiger partial charge is 0.484 e. The minimum Gasteiger partial charge on any atom is -0.484 e. The minimum atomic E-state index is -0.435. The number of hydrogen-bond donors (Lipinski definition) is 2. The maximum absolute atomic E-state index is 11.6. The molecule has 1 aromatic carbocycles. The van der Waals surface area contributed by atoms with Gasteiger partial charge in [-0.25, -0.2) is 0 Å². The molecule has 1 amide bonds. The number of hydrogen-bond acceptors (Lipinski definition) is 3. The van der Waals surface area contributed by atoms with Gasteiger partial charge in [-0.05, 0) is 44.5 Å². The van der Waals surface area contributed by atoms with Crippen molar-refractivity contribution < 1.29 is 14.6 Å². The Balaban J connectivity index is 2.39. The van der Waals surface area contributed by atoms with Crippen molar-refractivity contribution in [2.45, 2.75) is 25.8 Å². The molecule has 0 bridgehead atoms. The van der Waals surface area contributed by atoms with Crippen LogP contribution in [0.4, 0.5) is 0 Å². The molecule has 100 valence electrons. The van der Waals surface area contributed by atoms with E-state index in [1.807, 2.05) is 13.8 Å². The van der Waals surface area contributed by atoms with Crippen LogP contribution in [0.5, 0.6) is 5.75 Å². The number of ether oxygens (including phenoxy) is 1. The lowest BCUT2D eigenvalue weighted by Crippen LogP contribution is -2.46. The lowest BCUT2D eigenvalue weighted by atomic mass is 10.0. The van der Waals surface area contributed by atoms with Gasteiger partial charge >= 0.3 is 0 Å². The van der Waals surface area contributed by atoms with Gasteiger partial charge in [-0.1, -0.05) is 11.6 Å². The van der Waals surface area contributed by atoms with Crippen LogP contribution in [-0.2, 0) is 4.79 Å². The molecule has 0 aliphatic heterocycles. The number of nitrogens with one attached hydrogen (secondary N) is 1. The SMILES string of the molecule is CC(C)(CCO)NC(=O)COc1ccc(Cl)cc1. The standard InChI is InChI=1S/C13H18ClNO3/c1-13(2,7-8-16)15-12(17)9-18-11-5-3-10(14)4-6-11/h3-6,16H,7-9H2,1-2H3,(H,15,17). The van der Waals surface area contributed by atoms with E-state index in [1.165, 1.54) is 0 Å². The van der Waals surface area contributed by atoms with Gasteiger partial charge in [0.2, 0.25) is 0 Å². The van der Waals surface area contributed by atoms with Crippen molar-refractivity contribution in [2.75, 3.05) is 13.2 Å². The lowest BCUT2D eigenvalue weighted by Gasteiger charge is -2.25. The topological polar surface area (TPSA) is 58.6 Å². The predicted octanol–water partition coefficient (Wildman–Crippen LogP) is 2.00. The van der Waals surface area contributed by atoms with Crippen LogP contribution < -0.4 is 10.1 Å². The average Bonchev–Trinajstić information content (AvgIpc) is 2.27. The van der Waals surface area contributed by atoms with E-state index in [-0.39, 0.29) is 19.1 Å². The first-order valence-electron chi connectivity index (χ1n) is 5.73. The highest BCUT2D eigenvalue weighted by Crippen LogP contribution is 2.15. The highest BCUT2D eigenvalue weighted by atomic mass is 35.5. The van der Waals surface area contributed by atoms with Crippen molar-refractivity contribution in [3.8, 4) is 5.75 Å². The summed E-state index contributed by atoms with van der Waals surface area (Å²) in [6.45, 7) is 3.68. The molecule has 18 heavy (non-hydrogen) atoms. The maximum atomic E-state index is 11.6. The summed E-state index contributed by atoms with van der Waals surface area (Å²) in [4.78, 5) is 11.6. The third kappa shape index (κ3) is 5.38. The average molecular weight is 272 g/mol. The number of carbonyl (C=O) groups is 1. The van der Waals surface area contributed by atoms with Crippen LogP contribution in [0.1, 0.15) is 20.3 Å².